The number of anilines is 1. The van der Waals surface area contributed by atoms with E-state index in [4.69, 9.17) is 18.9 Å². The van der Waals surface area contributed by atoms with Gasteiger partial charge in [-0.3, -0.25) is 0 Å². The van der Waals surface area contributed by atoms with Crippen LogP contribution in [0.1, 0.15) is 0 Å². The summed E-state index contributed by atoms with van der Waals surface area (Å²) in [5.41, 5.74) is 1.09. The molecular formula is C16H25NO5. The molecule has 1 aromatic carbocycles. The number of benzene rings is 1. The smallest absolute Gasteiger partial charge is 0.332 e. The number of carbonyl (C=O) groups is 1. The minimum Gasteiger partial charge on any atom is -0.462 e. The Morgan fingerprint density at radius 3 is 2.41 bits per heavy atom. The average Bonchev–Trinajstić information content (AvgIpc) is 2.54. The van der Waals surface area contributed by atoms with Crippen molar-refractivity contribution in [2.24, 2.45) is 0 Å². The van der Waals surface area contributed by atoms with E-state index >= 15 is 0 Å². The predicted octanol–water partition coefficient (Wildman–Crippen LogP) is 1.35. The maximum atomic E-state index is 11.5. The summed E-state index contributed by atoms with van der Waals surface area (Å²) in [6.45, 7) is 2.79. The molecule has 0 aliphatic heterocycles. The number of nitrogens with zero attached hydrogens (tertiary/aromatic N) is 1. The predicted molar refractivity (Wildman–Crippen MR) is 84.2 cm³/mol. The Bertz CT molecular complexity index is 399. The SMILES string of the molecule is COCCOCCOCC(=O)OCCN(C)c1ccccc1. The van der Waals surface area contributed by atoms with Crippen LogP contribution < -0.4 is 4.90 Å². The van der Waals surface area contributed by atoms with Crippen LogP contribution in [-0.4, -0.2) is 66.3 Å². The summed E-state index contributed by atoms with van der Waals surface area (Å²) in [6, 6.07) is 9.93. The van der Waals surface area contributed by atoms with Crippen LogP contribution >= 0.6 is 0 Å². The van der Waals surface area contributed by atoms with E-state index in [1.54, 1.807) is 7.11 Å². The molecule has 6 heteroatoms. The second-order valence-electron chi connectivity index (χ2n) is 4.64. The molecule has 1 rings (SSSR count). The lowest BCUT2D eigenvalue weighted by atomic mass is 10.3. The normalized spacial score (nSPS) is 10.5. The summed E-state index contributed by atoms with van der Waals surface area (Å²) in [4.78, 5) is 13.5. The topological polar surface area (TPSA) is 57.2 Å². The van der Waals surface area contributed by atoms with Gasteiger partial charge in [-0.25, -0.2) is 4.79 Å². The van der Waals surface area contributed by atoms with Gasteiger partial charge < -0.3 is 23.8 Å². The van der Waals surface area contributed by atoms with Crippen molar-refractivity contribution in [3.63, 3.8) is 0 Å². The third-order valence-corrected chi connectivity index (χ3v) is 2.91. The minimum absolute atomic E-state index is 0.0529. The van der Waals surface area contributed by atoms with Crippen LogP contribution in [0.4, 0.5) is 5.69 Å². The molecule has 1 aromatic rings. The molecule has 0 aromatic heterocycles. The van der Waals surface area contributed by atoms with Crippen molar-refractivity contribution in [2.75, 3.05) is 65.2 Å². The van der Waals surface area contributed by atoms with Gasteiger partial charge in [0.25, 0.3) is 0 Å². The van der Waals surface area contributed by atoms with Crippen LogP contribution in [0.2, 0.25) is 0 Å². The first-order valence-electron chi connectivity index (χ1n) is 7.30. The zero-order valence-corrected chi connectivity index (χ0v) is 13.3. The minimum atomic E-state index is -0.363. The average molecular weight is 311 g/mol. The van der Waals surface area contributed by atoms with Gasteiger partial charge in [0.05, 0.1) is 33.0 Å². The quantitative estimate of drug-likeness (QED) is 0.429. The van der Waals surface area contributed by atoms with Crippen LogP contribution in [0, 0.1) is 0 Å². The Morgan fingerprint density at radius 1 is 1.00 bits per heavy atom. The number of methoxy groups -OCH3 is 1. The fourth-order valence-corrected chi connectivity index (χ4v) is 1.67. The van der Waals surface area contributed by atoms with Crippen molar-refractivity contribution in [3.8, 4) is 0 Å². The first-order chi connectivity index (χ1) is 10.7. The molecular weight excluding hydrogens is 286 g/mol. The second-order valence-corrected chi connectivity index (χ2v) is 4.64. The van der Waals surface area contributed by atoms with Crippen molar-refractivity contribution in [1.29, 1.82) is 0 Å². The summed E-state index contributed by atoms with van der Waals surface area (Å²) < 4.78 is 20.3. The standard InChI is InChI=1S/C16H25NO5/c1-17(15-6-4-3-5-7-15)8-9-22-16(18)14-21-13-12-20-11-10-19-2/h3-7H,8-14H2,1-2H3. The van der Waals surface area contributed by atoms with E-state index < -0.39 is 0 Å². The molecule has 22 heavy (non-hydrogen) atoms. The molecule has 0 saturated carbocycles. The maximum absolute atomic E-state index is 11.5. The number of hydrogen-bond acceptors (Lipinski definition) is 6. The highest BCUT2D eigenvalue weighted by Crippen LogP contribution is 2.09. The molecule has 6 nitrogen and oxygen atoms in total. The van der Waals surface area contributed by atoms with Gasteiger partial charge in [-0.1, -0.05) is 18.2 Å². The molecule has 0 spiro atoms. The van der Waals surface area contributed by atoms with Crippen LogP contribution in [0.5, 0.6) is 0 Å². The molecule has 0 aliphatic carbocycles. The molecule has 0 saturated heterocycles. The largest absolute Gasteiger partial charge is 0.462 e. The zero-order valence-electron chi connectivity index (χ0n) is 13.3. The summed E-state index contributed by atoms with van der Waals surface area (Å²) in [5, 5.41) is 0. The van der Waals surface area contributed by atoms with Crippen LogP contribution in [-0.2, 0) is 23.7 Å². The van der Waals surface area contributed by atoms with Crippen molar-refractivity contribution < 1.29 is 23.7 Å². The number of esters is 1. The molecule has 0 fully saturated rings. The van der Waals surface area contributed by atoms with E-state index in [1.165, 1.54) is 0 Å². The number of carbonyl (C=O) groups excluding carboxylic acids is 1. The summed E-state index contributed by atoms with van der Waals surface area (Å²) >= 11 is 0. The van der Waals surface area contributed by atoms with Gasteiger partial charge >= 0.3 is 5.97 Å². The Hall–Kier alpha value is -1.63. The Morgan fingerprint density at radius 2 is 1.68 bits per heavy atom. The van der Waals surface area contributed by atoms with Crippen LogP contribution in [0.25, 0.3) is 0 Å². The van der Waals surface area contributed by atoms with Gasteiger partial charge in [0.2, 0.25) is 0 Å². The summed E-state index contributed by atoms with van der Waals surface area (Å²) in [7, 11) is 3.57. The fourth-order valence-electron chi connectivity index (χ4n) is 1.67. The summed E-state index contributed by atoms with van der Waals surface area (Å²) in [6.07, 6.45) is 0. The van der Waals surface area contributed by atoms with Gasteiger partial charge in [0, 0.05) is 19.8 Å². The summed E-state index contributed by atoms with van der Waals surface area (Å²) in [5.74, 6) is -0.363. The van der Waals surface area contributed by atoms with Crippen LogP contribution in [0.3, 0.4) is 0 Å². The Labute approximate surface area is 131 Å². The lowest BCUT2D eigenvalue weighted by Gasteiger charge is -2.18. The highest BCUT2D eigenvalue weighted by atomic mass is 16.6. The fraction of sp³-hybridized carbons (Fsp3) is 0.562. The molecule has 124 valence electrons. The van der Waals surface area contributed by atoms with Gasteiger partial charge in [0.1, 0.15) is 13.2 Å². The second kappa shape index (κ2) is 12.0. The lowest BCUT2D eigenvalue weighted by Crippen LogP contribution is -2.25. The van der Waals surface area contributed by atoms with Crippen molar-refractivity contribution in [1.82, 2.24) is 0 Å². The van der Waals surface area contributed by atoms with Gasteiger partial charge in [-0.05, 0) is 12.1 Å². The number of para-hydroxylation sites is 1. The number of rotatable bonds is 12. The number of ether oxygens (including phenoxy) is 4. The lowest BCUT2D eigenvalue weighted by molar-refractivity contribution is -0.149. The first-order valence-corrected chi connectivity index (χ1v) is 7.30. The van der Waals surface area contributed by atoms with E-state index in [9.17, 15) is 4.79 Å². The van der Waals surface area contributed by atoms with E-state index in [1.807, 2.05) is 42.3 Å². The molecule has 0 radical (unpaired) electrons. The molecule has 0 heterocycles. The Balaban J connectivity index is 1.99. The molecule has 0 atom stereocenters. The van der Waals surface area contributed by atoms with Gasteiger partial charge in [-0.15, -0.1) is 0 Å². The van der Waals surface area contributed by atoms with Crippen LogP contribution in [0.15, 0.2) is 30.3 Å². The Kier molecular flexibility index (Phi) is 10.0. The third kappa shape index (κ3) is 8.61. The van der Waals surface area contributed by atoms with Crippen molar-refractivity contribution in [2.45, 2.75) is 0 Å². The van der Waals surface area contributed by atoms with Crippen molar-refractivity contribution >= 4 is 11.7 Å². The monoisotopic (exact) mass is 311 g/mol. The molecule has 0 amide bonds. The number of hydrogen-bond donors (Lipinski definition) is 0. The van der Waals surface area contributed by atoms with E-state index in [0.717, 1.165) is 5.69 Å². The van der Waals surface area contributed by atoms with E-state index in [2.05, 4.69) is 0 Å². The highest BCUT2D eigenvalue weighted by Gasteiger charge is 2.05. The van der Waals surface area contributed by atoms with Crippen molar-refractivity contribution in [3.05, 3.63) is 30.3 Å². The van der Waals surface area contributed by atoms with Gasteiger partial charge in [-0.2, -0.15) is 0 Å². The molecule has 0 bridgehead atoms. The highest BCUT2D eigenvalue weighted by molar-refractivity contribution is 5.70. The van der Waals surface area contributed by atoms with E-state index in [0.29, 0.717) is 39.6 Å². The van der Waals surface area contributed by atoms with Gasteiger partial charge in [0.15, 0.2) is 0 Å². The first kappa shape index (κ1) is 18.4. The maximum Gasteiger partial charge on any atom is 0.332 e. The van der Waals surface area contributed by atoms with E-state index in [-0.39, 0.29) is 12.6 Å². The zero-order chi connectivity index (χ0) is 16.0. The molecule has 0 unspecified atom stereocenters. The number of likely N-dealkylation sites (N-methyl/N-ethyl adjacent to an activating group) is 1. The molecule has 0 aliphatic rings. The third-order valence-electron chi connectivity index (χ3n) is 2.91. The molecule has 0 N–H and O–H groups in total.